The van der Waals surface area contributed by atoms with Crippen molar-refractivity contribution in [3.63, 3.8) is 0 Å². The molecule has 0 amide bonds. The topological polar surface area (TPSA) is 81.4 Å². The summed E-state index contributed by atoms with van der Waals surface area (Å²) in [7, 11) is 0. The molecule has 4 heterocycles. The van der Waals surface area contributed by atoms with Crippen LogP contribution in [-0.4, -0.2) is 29.7 Å². The molecular formula is C15H14FN7. The second-order valence-electron chi connectivity index (χ2n) is 5.34. The van der Waals surface area contributed by atoms with E-state index in [9.17, 15) is 4.39 Å². The first-order valence-electron chi connectivity index (χ1n) is 7.35. The first-order valence-corrected chi connectivity index (χ1v) is 7.35. The van der Waals surface area contributed by atoms with Gasteiger partial charge in [0.2, 0.25) is 5.95 Å². The van der Waals surface area contributed by atoms with E-state index >= 15 is 0 Å². The molecule has 0 spiro atoms. The van der Waals surface area contributed by atoms with Gasteiger partial charge in [0.05, 0.1) is 12.2 Å². The van der Waals surface area contributed by atoms with Gasteiger partial charge in [-0.05, 0) is 19.4 Å². The number of nitrogens with zero attached hydrogens (tertiary/aromatic N) is 6. The summed E-state index contributed by atoms with van der Waals surface area (Å²) in [6, 6.07) is 3.03. The molecule has 0 saturated carbocycles. The Morgan fingerprint density at radius 2 is 2.17 bits per heavy atom. The molecule has 1 atom stereocenters. The van der Waals surface area contributed by atoms with Crippen molar-refractivity contribution in [2.45, 2.75) is 26.3 Å². The molecule has 4 rings (SSSR count). The summed E-state index contributed by atoms with van der Waals surface area (Å²) >= 11 is 0. The average molecular weight is 311 g/mol. The molecule has 0 bridgehead atoms. The van der Waals surface area contributed by atoms with Gasteiger partial charge < -0.3 is 5.32 Å². The number of fused-ring (bicyclic) bond motifs is 3. The highest BCUT2D eigenvalue weighted by Crippen LogP contribution is 2.33. The summed E-state index contributed by atoms with van der Waals surface area (Å²) in [5.74, 6) is 2.22. The van der Waals surface area contributed by atoms with E-state index in [1.54, 1.807) is 12.3 Å². The summed E-state index contributed by atoms with van der Waals surface area (Å²) in [5, 5.41) is 11.7. The molecular weight excluding hydrogens is 297 g/mol. The predicted molar refractivity (Wildman–Crippen MR) is 81.5 cm³/mol. The van der Waals surface area contributed by atoms with E-state index in [1.807, 2.05) is 11.5 Å². The van der Waals surface area contributed by atoms with Crippen molar-refractivity contribution >= 4 is 5.82 Å². The Labute approximate surface area is 131 Å². The Hall–Kier alpha value is -2.90. The van der Waals surface area contributed by atoms with Gasteiger partial charge in [0.1, 0.15) is 11.5 Å². The number of rotatable bonds is 2. The van der Waals surface area contributed by atoms with Crippen LogP contribution in [0.5, 0.6) is 0 Å². The Morgan fingerprint density at radius 1 is 1.30 bits per heavy atom. The van der Waals surface area contributed by atoms with Gasteiger partial charge in [0, 0.05) is 17.8 Å². The van der Waals surface area contributed by atoms with Crippen LogP contribution in [-0.2, 0) is 0 Å². The van der Waals surface area contributed by atoms with E-state index < -0.39 is 5.95 Å². The highest BCUT2D eigenvalue weighted by Gasteiger charge is 2.28. The minimum absolute atomic E-state index is 0.0284. The van der Waals surface area contributed by atoms with E-state index in [0.29, 0.717) is 17.2 Å². The fraction of sp³-hybridized carbons (Fsp3) is 0.267. The summed E-state index contributed by atoms with van der Waals surface area (Å²) in [6.45, 7) is 3.96. The SMILES string of the molecule is CCC1Nc2nc(-c3ccnc(F)c3)ncc2-n2c(C)nnc21. The van der Waals surface area contributed by atoms with Crippen LogP contribution in [0.3, 0.4) is 0 Å². The predicted octanol–water partition coefficient (Wildman–Crippen LogP) is 2.44. The minimum Gasteiger partial charge on any atom is -0.358 e. The lowest BCUT2D eigenvalue weighted by Gasteiger charge is -2.26. The summed E-state index contributed by atoms with van der Waals surface area (Å²) in [5.41, 5.74) is 1.38. The third-order valence-electron chi connectivity index (χ3n) is 3.88. The fourth-order valence-corrected chi connectivity index (χ4v) is 2.74. The lowest BCUT2D eigenvalue weighted by atomic mass is 10.1. The zero-order valence-corrected chi connectivity index (χ0v) is 12.7. The van der Waals surface area contributed by atoms with Crippen LogP contribution in [0.2, 0.25) is 0 Å². The van der Waals surface area contributed by atoms with Gasteiger partial charge in [-0.2, -0.15) is 4.39 Å². The molecule has 0 fully saturated rings. The van der Waals surface area contributed by atoms with Gasteiger partial charge in [-0.3, -0.25) is 4.57 Å². The van der Waals surface area contributed by atoms with Gasteiger partial charge in [0.15, 0.2) is 17.5 Å². The third-order valence-corrected chi connectivity index (χ3v) is 3.88. The maximum absolute atomic E-state index is 13.3. The summed E-state index contributed by atoms with van der Waals surface area (Å²) < 4.78 is 15.3. The minimum atomic E-state index is -0.555. The average Bonchev–Trinajstić information content (AvgIpc) is 2.96. The number of pyridine rings is 1. The van der Waals surface area contributed by atoms with Gasteiger partial charge >= 0.3 is 0 Å². The summed E-state index contributed by atoms with van der Waals surface area (Å²) in [6.07, 6.45) is 3.95. The standard InChI is InChI=1S/C15H14FN7/c1-3-10-15-22-21-8(2)23(15)11-7-18-13(20-14(11)19-10)9-4-5-17-12(16)6-9/h4-7,10H,3H2,1-2H3,(H,18,19,20). The van der Waals surface area contributed by atoms with Crippen molar-refractivity contribution in [1.29, 1.82) is 0 Å². The quantitative estimate of drug-likeness (QED) is 0.732. The monoisotopic (exact) mass is 311 g/mol. The van der Waals surface area contributed by atoms with E-state index in [0.717, 1.165) is 23.8 Å². The third kappa shape index (κ3) is 2.14. The van der Waals surface area contributed by atoms with Gasteiger partial charge in [-0.1, -0.05) is 6.92 Å². The number of nitrogens with one attached hydrogen (secondary N) is 1. The number of hydrogen-bond acceptors (Lipinski definition) is 6. The highest BCUT2D eigenvalue weighted by molar-refractivity contribution is 5.64. The van der Waals surface area contributed by atoms with E-state index in [-0.39, 0.29) is 6.04 Å². The largest absolute Gasteiger partial charge is 0.358 e. The molecule has 1 N–H and O–H groups in total. The van der Waals surface area contributed by atoms with Crippen LogP contribution in [0, 0.1) is 12.9 Å². The van der Waals surface area contributed by atoms with Crippen LogP contribution < -0.4 is 5.32 Å². The Kier molecular flexibility index (Phi) is 3.03. The molecule has 1 aliphatic rings. The molecule has 0 aliphatic carbocycles. The molecule has 3 aromatic heterocycles. The second kappa shape index (κ2) is 5.08. The molecule has 0 aromatic carbocycles. The number of hydrogen-bond donors (Lipinski definition) is 1. The van der Waals surface area contributed by atoms with Crippen LogP contribution in [0.15, 0.2) is 24.5 Å². The summed E-state index contributed by atoms with van der Waals surface area (Å²) in [4.78, 5) is 12.5. The number of halogens is 1. The molecule has 7 nitrogen and oxygen atoms in total. The van der Waals surface area contributed by atoms with Crippen molar-refractivity contribution in [2.75, 3.05) is 5.32 Å². The van der Waals surface area contributed by atoms with E-state index in [4.69, 9.17) is 0 Å². The van der Waals surface area contributed by atoms with Crippen LogP contribution in [0.25, 0.3) is 17.1 Å². The van der Waals surface area contributed by atoms with Crippen molar-refractivity contribution in [1.82, 2.24) is 29.7 Å². The molecule has 0 saturated heterocycles. The lowest BCUT2D eigenvalue weighted by Crippen LogP contribution is -2.23. The van der Waals surface area contributed by atoms with Crippen molar-refractivity contribution in [3.8, 4) is 17.1 Å². The van der Waals surface area contributed by atoms with Gasteiger partial charge in [-0.15, -0.1) is 10.2 Å². The van der Waals surface area contributed by atoms with Crippen LogP contribution >= 0.6 is 0 Å². The number of aromatic nitrogens is 6. The van der Waals surface area contributed by atoms with E-state index in [1.165, 1.54) is 12.3 Å². The Bertz CT molecular complexity index is 889. The molecule has 1 aliphatic heterocycles. The zero-order chi connectivity index (χ0) is 16.0. The number of aryl methyl sites for hydroxylation is 1. The van der Waals surface area contributed by atoms with Crippen molar-refractivity contribution in [2.24, 2.45) is 0 Å². The molecule has 8 heteroatoms. The highest BCUT2D eigenvalue weighted by atomic mass is 19.1. The molecule has 0 radical (unpaired) electrons. The van der Waals surface area contributed by atoms with E-state index in [2.05, 4.69) is 37.4 Å². The maximum atomic E-state index is 13.3. The molecule has 1 unspecified atom stereocenters. The van der Waals surface area contributed by atoms with Gasteiger partial charge in [-0.25, -0.2) is 15.0 Å². The van der Waals surface area contributed by atoms with Crippen molar-refractivity contribution in [3.05, 3.63) is 42.1 Å². The maximum Gasteiger partial charge on any atom is 0.213 e. The fourth-order valence-electron chi connectivity index (χ4n) is 2.74. The lowest BCUT2D eigenvalue weighted by molar-refractivity contribution is 0.584. The molecule has 116 valence electrons. The van der Waals surface area contributed by atoms with Crippen LogP contribution in [0.1, 0.15) is 31.0 Å². The molecule has 3 aromatic rings. The van der Waals surface area contributed by atoms with Crippen molar-refractivity contribution < 1.29 is 4.39 Å². The number of anilines is 1. The Morgan fingerprint density at radius 3 is 2.96 bits per heavy atom. The Balaban J connectivity index is 1.86. The normalized spacial score (nSPS) is 15.7. The first kappa shape index (κ1) is 13.7. The first-order chi connectivity index (χ1) is 11.2. The smallest absolute Gasteiger partial charge is 0.213 e. The molecule has 23 heavy (non-hydrogen) atoms. The zero-order valence-electron chi connectivity index (χ0n) is 12.7. The second-order valence-corrected chi connectivity index (χ2v) is 5.34. The van der Waals surface area contributed by atoms with Gasteiger partial charge in [0.25, 0.3) is 0 Å². The van der Waals surface area contributed by atoms with Crippen LogP contribution in [0.4, 0.5) is 10.2 Å².